The number of pyridine rings is 2. The van der Waals surface area contributed by atoms with Crippen LogP contribution in [-0.2, 0) is 17.9 Å². The minimum Gasteiger partial charge on any atom is -0.348 e. The Morgan fingerprint density at radius 3 is 2.59 bits per heavy atom. The average Bonchev–Trinajstić information content (AvgIpc) is 3.26. The Balaban J connectivity index is 1.68. The van der Waals surface area contributed by atoms with Crippen LogP contribution in [-0.4, -0.2) is 25.7 Å². The molecule has 4 rings (SSSR count). The largest absolute Gasteiger partial charge is 0.348 e. The van der Waals surface area contributed by atoms with Gasteiger partial charge in [-0.25, -0.2) is 8.78 Å². The molecule has 0 aliphatic heterocycles. The van der Waals surface area contributed by atoms with E-state index in [-0.39, 0.29) is 18.3 Å². The van der Waals surface area contributed by atoms with Crippen molar-refractivity contribution in [3.05, 3.63) is 103 Å². The molecule has 3 aromatic heterocycles. The summed E-state index contributed by atoms with van der Waals surface area (Å²) in [6.07, 6.45) is 7.37. The van der Waals surface area contributed by atoms with E-state index >= 15 is 0 Å². The predicted octanol–water partition coefficient (Wildman–Crippen LogP) is 4.14. The maximum atomic E-state index is 13.4. The normalized spacial score (nSPS) is 10.7. The number of halogens is 2. The predicted molar refractivity (Wildman–Crippen MR) is 116 cm³/mol. The molecule has 32 heavy (non-hydrogen) atoms. The lowest BCUT2D eigenvalue weighted by molar-refractivity contribution is -0.116. The molecule has 0 saturated carbocycles. The highest BCUT2D eigenvalue weighted by atomic mass is 19.1. The molecule has 8 heteroatoms. The molecule has 0 aliphatic rings. The zero-order chi connectivity index (χ0) is 22.5. The van der Waals surface area contributed by atoms with Gasteiger partial charge in [0.25, 0.3) is 0 Å². The topological polar surface area (TPSA) is 72.7 Å². The van der Waals surface area contributed by atoms with Gasteiger partial charge in [-0.2, -0.15) is 5.10 Å². The van der Waals surface area contributed by atoms with Crippen LogP contribution in [0.2, 0.25) is 0 Å². The highest BCUT2D eigenvalue weighted by Crippen LogP contribution is 2.27. The maximum Gasteiger partial charge on any atom is 0.243 e. The summed E-state index contributed by atoms with van der Waals surface area (Å²) < 4.78 is 28.4. The average molecular weight is 431 g/mol. The van der Waals surface area contributed by atoms with E-state index in [0.717, 1.165) is 22.9 Å². The molecule has 160 valence electrons. The second-order valence-corrected chi connectivity index (χ2v) is 7.07. The van der Waals surface area contributed by atoms with Crippen LogP contribution in [0.15, 0.2) is 79.9 Å². The van der Waals surface area contributed by atoms with Crippen molar-refractivity contribution in [2.45, 2.75) is 13.1 Å². The lowest BCUT2D eigenvalue weighted by Crippen LogP contribution is -2.20. The van der Waals surface area contributed by atoms with E-state index in [0.29, 0.717) is 23.5 Å². The van der Waals surface area contributed by atoms with Crippen LogP contribution in [0.4, 0.5) is 8.78 Å². The Hall–Kier alpha value is -4.20. The monoisotopic (exact) mass is 431 g/mol. The zero-order valence-electron chi connectivity index (χ0n) is 17.0. The SMILES string of the molecule is C=CC(=O)NCc1cnc(-c2ccc(F)cc2)cc1-c1ccn(Cc2cncc(F)c2)n1. The molecule has 0 atom stereocenters. The molecule has 3 heterocycles. The Bertz CT molecular complexity index is 1270. The minimum absolute atomic E-state index is 0.234. The standard InChI is InChI=1S/C24H19F2N5O/c1-2-24(32)29-13-18-12-28-23(17-3-5-19(25)6-4-17)10-21(18)22-7-8-31(30-22)15-16-9-20(26)14-27-11-16/h2-12,14H,1,13,15H2,(H,29,32). The Morgan fingerprint density at radius 2 is 1.84 bits per heavy atom. The van der Waals surface area contributed by atoms with Crippen molar-refractivity contribution in [3.63, 3.8) is 0 Å². The van der Waals surface area contributed by atoms with E-state index in [9.17, 15) is 13.6 Å². The van der Waals surface area contributed by atoms with Gasteiger partial charge in [-0.05, 0) is 59.7 Å². The number of nitrogens with one attached hydrogen (secondary N) is 1. The van der Waals surface area contributed by atoms with Gasteiger partial charge in [0.2, 0.25) is 5.91 Å². The third kappa shape index (κ3) is 4.92. The van der Waals surface area contributed by atoms with Crippen molar-refractivity contribution in [2.75, 3.05) is 0 Å². The number of aromatic nitrogens is 4. The fraction of sp³-hybridized carbons (Fsp3) is 0.0833. The van der Waals surface area contributed by atoms with Gasteiger partial charge < -0.3 is 5.32 Å². The molecule has 1 amide bonds. The lowest BCUT2D eigenvalue weighted by Gasteiger charge is -2.11. The number of carbonyl (C=O) groups is 1. The van der Waals surface area contributed by atoms with Crippen LogP contribution in [0.25, 0.3) is 22.5 Å². The van der Waals surface area contributed by atoms with Crippen LogP contribution in [0, 0.1) is 11.6 Å². The molecule has 0 radical (unpaired) electrons. The first-order valence-corrected chi connectivity index (χ1v) is 9.80. The number of benzene rings is 1. The van der Waals surface area contributed by atoms with Gasteiger partial charge in [-0.15, -0.1) is 0 Å². The fourth-order valence-electron chi connectivity index (χ4n) is 3.22. The second-order valence-electron chi connectivity index (χ2n) is 7.07. The summed E-state index contributed by atoms with van der Waals surface area (Å²) in [6.45, 7) is 4.04. The number of nitrogens with zero attached hydrogens (tertiary/aromatic N) is 4. The number of hydrogen-bond donors (Lipinski definition) is 1. The summed E-state index contributed by atoms with van der Waals surface area (Å²) in [6, 6.07) is 11.1. The number of rotatable bonds is 7. The summed E-state index contributed by atoms with van der Waals surface area (Å²) in [5.41, 5.74) is 4.24. The van der Waals surface area contributed by atoms with Crippen LogP contribution in [0.3, 0.4) is 0 Å². The van der Waals surface area contributed by atoms with E-state index < -0.39 is 5.82 Å². The third-order valence-corrected chi connectivity index (χ3v) is 4.79. The Labute approximate surface area is 183 Å². The van der Waals surface area contributed by atoms with Gasteiger partial charge in [0.05, 0.1) is 24.1 Å². The van der Waals surface area contributed by atoms with Gasteiger partial charge in [0.1, 0.15) is 11.6 Å². The lowest BCUT2D eigenvalue weighted by atomic mass is 10.0. The Kier molecular flexibility index (Phi) is 6.12. The number of amides is 1. The van der Waals surface area contributed by atoms with Crippen LogP contribution < -0.4 is 5.32 Å². The van der Waals surface area contributed by atoms with E-state index in [1.807, 2.05) is 12.1 Å². The van der Waals surface area contributed by atoms with Crippen molar-refractivity contribution in [3.8, 4) is 22.5 Å². The zero-order valence-corrected chi connectivity index (χ0v) is 17.0. The summed E-state index contributed by atoms with van der Waals surface area (Å²) in [5.74, 6) is -1.04. The highest BCUT2D eigenvalue weighted by Gasteiger charge is 2.13. The first kappa shape index (κ1) is 21.0. The van der Waals surface area contributed by atoms with Gasteiger partial charge in [-0.1, -0.05) is 6.58 Å². The highest BCUT2D eigenvalue weighted by molar-refractivity contribution is 5.87. The van der Waals surface area contributed by atoms with Gasteiger partial charge in [0, 0.05) is 36.3 Å². The van der Waals surface area contributed by atoms with Crippen molar-refractivity contribution in [1.29, 1.82) is 0 Å². The van der Waals surface area contributed by atoms with Crippen LogP contribution >= 0.6 is 0 Å². The number of hydrogen-bond acceptors (Lipinski definition) is 4. The quantitative estimate of drug-likeness (QED) is 0.447. The third-order valence-electron chi connectivity index (χ3n) is 4.79. The molecule has 0 fully saturated rings. The van der Waals surface area contributed by atoms with Crippen LogP contribution in [0.1, 0.15) is 11.1 Å². The molecule has 0 unspecified atom stereocenters. The fourth-order valence-corrected chi connectivity index (χ4v) is 3.22. The Morgan fingerprint density at radius 1 is 1.03 bits per heavy atom. The summed E-state index contributed by atoms with van der Waals surface area (Å²) in [4.78, 5) is 20.0. The van der Waals surface area contributed by atoms with E-state index in [4.69, 9.17) is 0 Å². The molecule has 1 aromatic carbocycles. The smallest absolute Gasteiger partial charge is 0.243 e. The first-order chi connectivity index (χ1) is 15.5. The van der Waals surface area contributed by atoms with Crippen LogP contribution in [0.5, 0.6) is 0 Å². The molecule has 4 aromatic rings. The summed E-state index contributed by atoms with van der Waals surface area (Å²) >= 11 is 0. The second kappa shape index (κ2) is 9.30. The number of carbonyl (C=O) groups excluding carboxylic acids is 1. The molecule has 0 bridgehead atoms. The molecule has 0 saturated heterocycles. The summed E-state index contributed by atoms with van der Waals surface area (Å²) in [5, 5.41) is 7.36. The van der Waals surface area contributed by atoms with Crippen molar-refractivity contribution >= 4 is 5.91 Å². The molecular formula is C24H19F2N5O. The molecule has 1 N–H and O–H groups in total. The van der Waals surface area contributed by atoms with Crippen molar-refractivity contribution in [1.82, 2.24) is 25.1 Å². The van der Waals surface area contributed by atoms with E-state index in [2.05, 4.69) is 27.0 Å². The first-order valence-electron chi connectivity index (χ1n) is 9.80. The van der Waals surface area contributed by atoms with Gasteiger partial charge >= 0.3 is 0 Å². The maximum absolute atomic E-state index is 13.4. The van der Waals surface area contributed by atoms with Gasteiger partial charge in [-0.3, -0.25) is 19.4 Å². The summed E-state index contributed by atoms with van der Waals surface area (Å²) in [7, 11) is 0. The minimum atomic E-state index is -0.409. The van der Waals surface area contributed by atoms with Crippen molar-refractivity contribution < 1.29 is 13.6 Å². The van der Waals surface area contributed by atoms with Crippen molar-refractivity contribution in [2.24, 2.45) is 0 Å². The molecular weight excluding hydrogens is 412 g/mol. The molecule has 6 nitrogen and oxygen atoms in total. The van der Waals surface area contributed by atoms with E-state index in [1.54, 1.807) is 35.4 Å². The van der Waals surface area contributed by atoms with Gasteiger partial charge in [0.15, 0.2) is 0 Å². The molecule has 0 aliphatic carbocycles. The molecule has 0 spiro atoms. The van der Waals surface area contributed by atoms with E-state index in [1.165, 1.54) is 24.3 Å².